The molecule has 0 spiro atoms. The van der Waals surface area contributed by atoms with Gasteiger partial charge in [0.25, 0.3) is 0 Å². The van der Waals surface area contributed by atoms with E-state index in [1.807, 2.05) is 12.1 Å². The first-order valence-electron chi connectivity index (χ1n) is 5.82. The third-order valence-electron chi connectivity index (χ3n) is 3.03. The fraction of sp³-hybridized carbons (Fsp3) is 0.200. The Balaban J connectivity index is 2.16. The summed E-state index contributed by atoms with van der Waals surface area (Å²) in [5.74, 6) is 0. The Kier molecular flexibility index (Phi) is 4.51. The number of hydrogen-bond acceptors (Lipinski definition) is 1. The molecule has 0 atom stereocenters. The van der Waals surface area contributed by atoms with Crippen molar-refractivity contribution in [2.24, 2.45) is 0 Å². The lowest BCUT2D eigenvalue weighted by atomic mass is 10.0. The zero-order valence-corrected chi connectivity index (χ0v) is 13.3. The summed E-state index contributed by atoms with van der Waals surface area (Å²) in [5.41, 5.74) is 4.94. The molecule has 0 aliphatic heterocycles. The Bertz CT molecular complexity index is 546. The van der Waals surface area contributed by atoms with Crippen LogP contribution < -0.4 is 5.32 Å². The molecule has 0 unspecified atom stereocenters. The van der Waals surface area contributed by atoms with Gasteiger partial charge in [0.2, 0.25) is 0 Å². The van der Waals surface area contributed by atoms with Crippen molar-refractivity contribution in [3.8, 4) is 0 Å². The molecule has 0 bridgehead atoms. The summed E-state index contributed by atoms with van der Waals surface area (Å²) < 4.78 is 1.15. The number of aryl methyl sites for hydroxylation is 2. The topological polar surface area (TPSA) is 12.0 Å². The van der Waals surface area contributed by atoms with E-state index in [1.54, 1.807) is 0 Å². The van der Waals surface area contributed by atoms with Crippen LogP contribution in [0.4, 0.5) is 5.69 Å². The minimum atomic E-state index is 0.771. The average Bonchev–Trinajstić information content (AvgIpc) is 2.31. The Morgan fingerprint density at radius 1 is 1.11 bits per heavy atom. The van der Waals surface area contributed by atoms with Crippen LogP contribution in [0.2, 0.25) is 5.02 Å². The van der Waals surface area contributed by atoms with E-state index in [4.69, 9.17) is 11.6 Å². The van der Waals surface area contributed by atoms with Gasteiger partial charge in [-0.3, -0.25) is 0 Å². The van der Waals surface area contributed by atoms with Gasteiger partial charge in [0.15, 0.2) is 0 Å². The number of hydrogen-bond donors (Lipinski definition) is 1. The minimum absolute atomic E-state index is 0.771. The molecule has 1 N–H and O–H groups in total. The standard InChI is InChI=1S/C15H15ClIN/c1-10-4-3-5-11(2)13(10)9-18-15-7-6-12(17)8-14(15)16/h3-8,18H,9H2,1-2H3. The Labute approximate surface area is 127 Å². The van der Waals surface area contributed by atoms with Crippen molar-refractivity contribution >= 4 is 39.9 Å². The first-order chi connectivity index (χ1) is 8.58. The molecule has 0 fully saturated rings. The molecule has 2 aromatic carbocycles. The Morgan fingerprint density at radius 2 is 1.78 bits per heavy atom. The Hall–Kier alpha value is -0.740. The molecule has 0 aromatic heterocycles. The summed E-state index contributed by atoms with van der Waals surface area (Å²) >= 11 is 8.47. The molecule has 2 aromatic rings. The number of benzene rings is 2. The smallest absolute Gasteiger partial charge is 0.0648 e. The van der Waals surface area contributed by atoms with Crippen molar-refractivity contribution in [1.82, 2.24) is 0 Å². The molecule has 2 rings (SSSR count). The number of halogens is 2. The van der Waals surface area contributed by atoms with Gasteiger partial charge in [0.1, 0.15) is 0 Å². The van der Waals surface area contributed by atoms with Gasteiger partial charge >= 0.3 is 0 Å². The highest BCUT2D eigenvalue weighted by Crippen LogP contribution is 2.25. The highest BCUT2D eigenvalue weighted by atomic mass is 127. The number of nitrogens with one attached hydrogen (secondary N) is 1. The summed E-state index contributed by atoms with van der Waals surface area (Å²) in [7, 11) is 0. The SMILES string of the molecule is Cc1cccc(C)c1CNc1ccc(I)cc1Cl. The van der Waals surface area contributed by atoms with Crippen LogP contribution in [0.5, 0.6) is 0 Å². The maximum Gasteiger partial charge on any atom is 0.0648 e. The molecule has 0 aliphatic rings. The second kappa shape index (κ2) is 5.93. The number of rotatable bonds is 3. The van der Waals surface area contributed by atoms with Crippen molar-refractivity contribution in [3.63, 3.8) is 0 Å². The molecule has 0 heterocycles. The molecule has 0 saturated heterocycles. The van der Waals surface area contributed by atoms with Gasteiger partial charge in [-0.15, -0.1) is 0 Å². The molecule has 3 heteroatoms. The third kappa shape index (κ3) is 3.18. The van der Waals surface area contributed by atoms with E-state index in [0.29, 0.717) is 0 Å². The summed E-state index contributed by atoms with van der Waals surface area (Å²) in [6.45, 7) is 5.08. The predicted molar refractivity (Wildman–Crippen MR) is 87.4 cm³/mol. The monoisotopic (exact) mass is 371 g/mol. The first-order valence-corrected chi connectivity index (χ1v) is 7.27. The lowest BCUT2D eigenvalue weighted by Crippen LogP contribution is -2.03. The molecule has 0 radical (unpaired) electrons. The van der Waals surface area contributed by atoms with Crippen LogP contribution in [-0.2, 0) is 6.54 Å². The van der Waals surface area contributed by atoms with Crippen LogP contribution in [0.15, 0.2) is 36.4 Å². The molecule has 0 aliphatic carbocycles. The number of anilines is 1. The minimum Gasteiger partial charge on any atom is -0.380 e. The van der Waals surface area contributed by atoms with E-state index in [0.717, 1.165) is 20.8 Å². The highest BCUT2D eigenvalue weighted by Gasteiger charge is 2.04. The van der Waals surface area contributed by atoms with E-state index >= 15 is 0 Å². The van der Waals surface area contributed by atoms with Crippen molar-refractivity contribution in [2.75, 3.05) is 5.32 Å². The van der Waals surface area contributed by atoms with Crippen LogP contribution in [0.3, 0.4) is 0 Å². The average molecular weight is 372 g/mol. The molecular weight excluding hydrogens is 357 g/mol. The van der Waals surface area contributed by atoms with Crippen molar-refractivity contribution < 1.29 is 0 Å². The van der Waals surface area contributed by atoms with E-state index in [-0.39, 0.29) is 0 Å². The zero-order valence-electron chi connectivity index (χ0n) is 10.4. The maximum atomic E-state index is 6.21. The molecule has 18 heavy (non-hydrogen) atoms. The lowest BCUT2D eigenvalue weighted by molar-refractivity contribution is 1.09. The summed E-state index contributed by atoms with van der Waals surface area (Å²) in [6, 6.07) is 12.4. The molecule has 1 nitrogen and oxygen atoms in total. The summed E-state index contributed by atoms with van der Waals surface area (Å²) in [4.78, 5) is 0. The van der Waals surface area contributed by atoms with Gasteiger partial charge in [-0.1, -0.05) is 29.8 Å². The quantitative estimate of drug-likeness (QED) is 0.734. The van der Waals surface area contributed by atoms with Crippen molar-refractivity contribution in [3.05, 3.63) is 61.7 Å². The van der Waals surface area contributed by atoms with E-state index < -0.39 is 0 Å². The summed E-state index contributed by atoms with van der Waals surface area (Å²) in [6.07, 6.45) is 0. The van der Waals surface area contributed by atoms with Crippen molar-refractivity contribution in [2.45, 2.75) is 20.4 Å². The summed E-state index contributed by atoms with van der Waals surface area (Å²) in [5, 5.41) is 4.17. The lowest BCUT2D eigenvalue weighted by Gasteiger charge is -2.13. The van der Waals surface area contributed by atoms with E-state index in [9.17, 15) is 0 Å². The van der Waals surface area contributed by atoms with Gasteiger partial charge in [0.05, 0.1) is 10.7 Å². The zero-order chi connectivity index (χ0) is 13.1. The van der Waals surface area contributed by atoms with Gasteiger partial charge < -0.3 is 5.32 Å². The molecule has 0 saturated carbocycles. The van der Waals surface area contributed by atoms with Crippen LogP contribution in [0.25, 0.3) is 0 Å². The Morgan fingerprint density at radius 3 is 2.39 bits per heavy atom. The van der Waals surface area contributed by atoms with Gasteiger partial charge in [-0.05, 0) is 71.3 Å². The molecule has 94 valence electrons. The van der Waals surface area contributed by atoms with Gasteiger partial charge in [-0.25, -0.2) is 0 Å². The first kappa shape index (κ1) is 13.7. The van der Waals surface area contributed by atoms with E-state index in [1.165, 1.54) is 16.7 Å². The fourth-order valence-electron chi connectivity index (χ4n) is 1.94. The maximum absolute atomic E-state index is 6.21. The predicted octanol–water partition coefficient (Wildman–Crippen LogP) is 5.17. The third-order valence-corrected chi connectivity index (χ3v) is 4.01. The van der Waals surface area contributed by atoms with Crippen LogP contribution >= 0.6 is 34.2 Å². The second-order valence-corrected chi connectivity index (χ2v) is 6.00. The van der Waals surface area contributed by atoms with Crippen molar-refractivity contribution in [1.29, 1.82) is 0 Å². The normalized spacial score (nSPS) is 10.4. The molecule has 0 amide bonds. The van der Waals surface area contributed by atoms with Crippen LogP contribution in [0.1, 0.15) is 16.7 Å². The fourth-order valence-corrected chi connectivity index (χ4v) is 2.87. The van der Waals surface area contributed by atoms with E-state index in [2.05, 4.69) is 66.0 Å². The van der Waals surface area contributed by atoms with Crippen LogP contribution in [-0.4, -0.2) is 0 Å². The van der Waals surface area contributed by atoms with Crippen LogP contribution in [0, 0.1) is 17.4 Å². The van der Waals surface area contributed by atoms with Gasteiger partial charge in [0, 0.05) is 10.1 Å². The largest absolute Gasteiger partial charge is 0.380 e. The second-order valence-electron chi connectivity index (χ2n) is 4.35. The molecular formula is C15H15ClIN. The highest BCUT2D eigenvalue weighted by molar-refractivity contribution is 14.1. The van der Waals surface area contributed by atoms with Gasteiger partial charge in [-0.2, -0.15) is 0 Å².